The number of pyridine rings is 1. The molecule has 5 rings (SSSR count). The molecule has 6 heteroatoms. The maximum absolute atomic E-state index is 12.3. The highest BCUT2D eigenvalue weighted by Gasteiger charge is 2.29. The fourth-order valence-electron chi connectivity index (χ4n) is 4.83. The maximum atomic E-state index is 12.3. The fourth-order valence-corrected chi connectivity index (χ4v) is 4.83. The van der Waals surface area contributed by atoms with Crippen molar-refractivity contribution in [3.63, 3.8) is 0 Å². The van der Waals surface area contributed by atoms with Crippen molar-refractivity contribution < 1.29 is 9.21 Å². The molecule has 2 aliphatic rings. The number of fused-ring (bicyclic) bond motifs is 2. The Balaban J connectivity index is 1.38. The molecule has 0 aromatic carbocycles. The molecule has 146 valence electrons. The van der Waals surface area contributed by atoms with E-state index in [1.54, 1.807) is 6.07 Å². The van der Waals surface area contributed by atoms with Gasteiger partial charge in [-0.3, -0.25) is 4.79 Å². The van der Waals surface area contributed by atoms with E-state index < -0.39 is 0 Å². The highest BCUT2D eigenvalue weighted by Crippen LogP contribution is 2.36. The summed E-state index contributed by atoms with van der Waals surface area (Å²) in [4.78, 5) is 23.1. The standard InChI is InChI=1S/C22H26N4O2/c27-22(16-9-12-28-14-16)25-20-7-6-19-21(24-20)18(13-23-19)15-4-5-17-3-1-2-10-26(17)11-8-15/h6-7,9,12-15,17,23H,1-5,8,10-11H2,(H,24,25,27). The van der Waals surface area contributed by atoms with Crippen molar-refractivity contribution in [2.24, 2.45) is 0 Å². The normalized spacial score (nSPS) is 23.3. The van der Waals surface area contributed by atoms with Crippen LogP contribution >= 0.6 is 0 Å². The minimum Gasteiger partial charge on any atom is -0.472 e. The quantitative estimate of drug-likeness (QED) is 0.702. The molecule has 3 aromatic heterocycles. The third kappa shape index (κ3) is 3.33. The van der Waals surface area contributed by atoms with Crippen LogP contribution in [0.1, 0.15) is 60.4 Å². The van der Waals surface area contributed by atoms with E-state index in [1.807, 2.05) is 12.1 Å². The molecule has 0 radical (unpaired) electrons. The van der Waals surface area contributed by atoms with E-state index in [9.17, 15) is 4.79 Å². The Morgan fingerprint density at radius 1 is 1.14 bits per heavy atom. The zero-order valence-corrected chi connectivity index (χ0v) is 16.0. The number of carbonyl (C=O) groups excluding carboxylic acids is 1. The van der Waals surface area contributed by atoms with Crippen LogP contribution in [0.4, 0.5) is 5.82 Å². The number of aromatic amines is 1. The lowest BCUT2D eigenvalue weighted by molar-refractivity contribution is 0.102. The highest BCUT2D eigenvalue weighted by atomic mass is 16.3. The zero-order valence-electron chi connectivity index (χ0n) is 16.0. The first-order chi connectivity index (χ1) is 13.8. The number of carbonyl (C=O) groups is 1. The SMILES string of the molecule is O=C(Nc1ccc2[nH]cc(C3CCC4CCCCN4CC3)c2n1)c1ccoc1. The summed E-state index contributed by atoms with van der Waals surface area (Å²) in [5, 5.41) is 2.88. The number of hydrogen-bond donors (Lipinski definition) is 2. The second kappa shape index (κ2) is 7.43. The molecule has 3 aromatic rings. The van der Waals surface area contributed by atoms with Gasteiger partial charge in [-0.05, 0) is 74.9 Å². The van der Waals surface area contributed by atoms with Gasteiger partial charge in [-0.2, -0.15) is 0 Å². The number of furan rings is 1. The third-order valence-corrected chi connectivity index (χ3v) is 6.38. The van der Waals surface area contributed by atoms with Crippen LogP contribution in [0.25, 0.3) is 11.0 Å². The van der Waals surface area contributed by atoms with E-state index in [0.29, 0.717) is 17.3 Å². The van der Waals surface area contributed by atoms with Crippen LogP contribution in [0, 0.1) is 0 Å². The van der Waals surface area contributed by atoms with Crippen LogP contribution in [-0.2, 0) is 0 Å². The Morgan fingerprint density at radius 2 is 2.11 bits per heavy atom. The fraction of sp³-hybridized carbons (Fsp3) is 0.455. The van der Waals surface area contributed by atoms with Gasteiger partial charge in [-0.25, -0.2) is 4.98 Å². The van der Waals surface area contributed by atoms with Crippen molar-refractivity contribution in [2.75, 3.05) is 18.4 Å². The second-order valence-electron chi connectivity index (χ2n) is 8.05. The number of anilines is 1. The van der Waals surface area contributed by atoms with Gasteiger partial charge in [-0.1, -0.05) is 6.42 Å². The maximum Gasteiger partial charge on any atom is 0.260 e. The summed E-state index contributed by atoms with van der Waals surface area (Å²) in [6.07, 6.45) is 12.8. The number of rotatable bonds is 3. The molecule has 6 nitrogen and oxygen atoms in total. The van der Waals surface area contributed by atoms with E-state index in [0.717, 1.165) is 17.1 Å². The van der Waals surface area contributed by atoms with Gasteiger partial charge in [-0.15, -0.1) is 0 Å². The van der Waals surface area contributed by atoms with Crippen LogP contribution in [0.15, 0.2) is 41.3 Å². The predicted octanol–water partition coefficient (Wildman–Crippen LogP) is 4.53. The summed E-state index contributed by atoms with van der Waals surface area (Å²) in [5.74, 6) is 0.890. The minimum atomic E-state index is -0.205. The topological polar surface area (TPSA) is 74.2 Å². The molecule has 0 aliphatic carbocycles. The number of nitrogens with zero attached hydrogens (tertiary/aromatic N) is 2. The van der Waals surface area contributed by atoms with E-state index in [4.69, 9.17) is 9.40 Å². The average Bonchev–Trinajstić information content (AvgIpc) is 3.35. The van der Waals surface area contributed by atoms with Gasteiger partial charge in [0.05, 0.1) is 22.9 Å². The first kappa shape index (κ1) is 17.5. The molecule has 0 spiro atoms. The molecule has 1 amide bonds. The molecule has 28 heavy (non-hydrogen) atoms. The van der Waals surface area contributed by atoms with E-state index >= 15 is 0 Å². The van der Waals surface area contributed by atoms with Crippen molar-refractivity contribution in [1.82, 2.24) is 14.9 Å². The predicted molar refractivity (Wildman–Crippen MR) is 109 cm³/mol. The zero-order chi connectivity index (χ0) is 18.9. The van der Waals surface area contributed by atoms with Gasteiger partial charge in [0, 0.05) is 12.2 Å². The molecular formula is C22H26N4O2. The van der Waals surface area contributed by atoms with Gasteiger partial charge in [0.15, 0.2) is 0 Å². The van der Waals surface area contributed by atoms with Gasteiger partial charge < -0.3 is 19.6 Å². The van der Waals surface area contributed by atoms with Crippen LogP contribution < -0.4 is 5.32 Å². The molecule has 2 atom stereocenters. The summed E-state index contributed by atoms with van der Waals surface area (Å²) in [7, 11) is 0. The molecule has 2 N–H and O–H groups in total. The largest absolute Gasteiger partial charge is 0.472 e. The summed E-state index contributed by atoms with van der Waals surface area (Å²) in [6.45, 7) is 2.44. The molecule has 2 aliphatic heterocycles. The first-order valence-electron chi connectivity index (χ1n) is 10.3. The smallest absolute Gasteiger partial charge is 0.260 e. The van der Waals surface area contributed by atoms with Crippen molar-refractivity contribution in [3.8, 4) is 0 Å². The lowest BCUT2D eigenvalue weighted by Crippen LogP contribution is -2.38. The van der Waals surface area contributed by atoms with Crippen LogP contribution in [0.3, 0.4) is 0 Å². The lowest BCUT2D eigenvalue weighted by atomic mass is 9.91. The van der Waals surface area contributed by atoms with E-state index in [2.05, 4.69) is 21.4 Å². The summed E-state index contributed by atoms with van der Waals surface area (Å²) in [5.41, 5.74) is 3.79. The van der Waals surface area contributed by atoms with Crippen molar-refractivity contribution >= 4 is 22.8 Å². The number of H-pyrrole nitrogens is 1. The highest BCUT2D eigenvalue weighted by molar-refractivity contribution is 6.03. The van der Waals surface area contributed by atoms with Gasteiger partial charge >= 0.3 is 0 Å². The molecule has 0 saturated carbocycles. The molecule has 2 unspecified atom stereocenters. The number of aromatic nitrogens is 2. The number of amides is 1. The molecule has 0 bridgehead atoms. The number of piperidine rings is 1. The third-order valence-electron chi connectivity index (χ3n) is 6.38. The monoisotopic (exact) mass is 378 g/mol. The van der Waals surface area contributed by atoms with Crippen LogP contribution in [-0.4, -0.2) is 39.9 Å². The number of nitrogens with one attached hydrogen (secondary N) is 2. The van der Waals surface area contributed by atoms with E-state index in [-0.39, 0.29) is 5.91 Å². The second-order valence-corrected chi connectivity index (χ2v) is 8.05. The van der Waals surface area contributed by atoms with Crippen molar-refractivity contribution in [2.45, 2.75) is 50.5 Å². The van der Waals surface area contributed by atoms with Gasteiger partial charge in [0.2, 0.25) is 0 Å². The average molecular weight is 378 g/mol. The van der Waals surface area contributed by atoms with Crippen LogP contribution in [0.2, 0.25) is 0 Å². The Bertz CT molecular complexity index is 946. The summed E-state index contributed by atoms with van der Waals surface area (Å²) in [6, 6.07) is 6.25. The van der Waals surface area contributed by atoms with Crippen LogP contribution in [0.5, 0.6) is 0 Å². The Morgan fingerprint density at radius 3 is 3.00 bits per heavy atom. The molecule has 2 fully saturated rings. The van der Waals surface area contributed by atoms with E-state index in [1.165, 1.54) is 69.7 Å². The van der Waals surface area contributed by atoms with Gasteiger partial charge in [0.25, 0.3) is 5.91 Å². The van der Waals surface area contributed by atoms with Gasteiger partial charge in [0.1, 0.15) is 12.1 Å². The summed E-state index contributed by atoms with van der Waals surface area (Å²) >= 11 is 0. The minimum absolute atomic E-state index is 0.205. The Labute approximate surface area is 164 Å². The van der Waals surface area contributed by atoms with Crippen molar-refractivity contribution in [3.05, 3.63) is 48.0 Å². The van der Waals surface area contributed by atoms with Crippen molar-refractivity contribution in [1.29, 1.82) is 0 Å². The number of hydrogen-bond acceptors (Lipinski definition) is 4. The Hall–Kier alpha value is -2.60. The molecule has 5 heterocycles. The first-order valence-corrected chi connectivity index (χ1v) is 10.3. The molecule has 2 saturated heterocycles. The summed E-state index contributed by atoms with van der Waals surface area (Å²) < 4.78 is 4.99. The Kier molecular flexibility index (Phi) is 4.64. The lowest BCUT2D eigenvalue weighted by Gasteiger charge is -2.33. The molecular weight excluding hydrogens is 352 g/mol.